The lowest BCUT2D eigenvalue weighted by Gasteiger charge is -2.21. The summed E-state index contributed by atoms with van der Waals surface area (Å²) in [6, 6.07) is 59.4. The zero-order valence-electron chi connectivity index (χ0n) is 32.8. The SMILES string of the molecule is CC1(C)c2ccccc2-c2cc3c(cc21)c1ccccc1n3-c1nc(-c2ccc3c(c2)oc2ccccc23)nc(-c2ccc3c(c2)oc2cccc(-c4ccccc4)c23)n1. The van der Waals surface area contributed by atoms with Gasteiger partial charge in [-0.2, -0.15) is 9.97 Å². The van der Waals surface area contributed by atoms with Crippen molar-refractivity contribution in [2.75, 3.05) is 0 Å². The first kappa shape index (κ1) is 33.2. The summed E-state index contributed by atoms with van der Waals surface area (Å²) >= 11 is 0. The Kier molecular flexibility index (Phi) is 6.69. The lowest BCUT2D eigenvalue weighted by Crippen LogP contribution is -2.14. The first-order valence-corrected chi connectivity index (χ1v) is 20.3. The van der Waals surface area contributed by atoms with Crippen molar-refractivity contribution in [3.05, 3.63) is 181 Å². The summed E-state index contributed by atoms with van der Waals surface area (Å²) in [5, 5.41) is 6.56. The molecule has 0 unspecified atom stereocenters. The quantitative estimate of drug-likeness (QED) is 0.178. The Labute approximate surface area is 344 Å². The Hall–Kier alpha value is -7.83. The fourth-order valence-corrected chi connectivity index (χ4v) is 9.79. The van der Waals surface area contributed by atoms with E-state index in [0.29, 0.717) is 17.6 Å². The molecule has 0 atom stereocenters. The minimum Gasteiger partial charge on any atom is -0.456 e. The van der Waals surface area contributed by atoms with Crippen LogP contribution in [-0.2, 0) is 5.41 Å². The molecule has 0 N–H and O–H groups in total. The van der Waals surface area contributed by atoms with Gasteiger partial charge >= 0.3 is 0 Å². The molecule has 6 nitrogen and oxygen atoms in total. The fourth-order valence-electron chi connectivity index (χ4n) is 9.79. The molecule has 60 heavy (non-hydrogen) atoms. The van der Waals surface area contributed by atoms with E-state index in [9.17, 15) is 0 Å². The lowest BCUT2D eigenvalue weighted by molar-refractivity contribution is 0.661. The van der Waals surface area contributed by atoms with Crippen LogP contribution in [0.25, 0.3) is 117 Å². The van der Waals surface area contributed by atoms with Crippen molar-refractivity contribution in [1.29, 1.82) is 0 Å². The Morgan fingerprint density at radius 2 is 1.03 bits per heavy atom. The molecule has 0 spiro atoms. The van der Waals surface area contributed by atoms with Gasteiger partial charge in [0, 0.05) is 48.9 Å². The van der Waals surface area contributed by atoms with Gasteiger partial charge in [-0.3, -0.25) is 4.57 Å². The maximum absolute atomic E-state index is 6.59. The van der Waals surface area contributed by atoms with Crippen LogP contribution in [0.2, 0.25) is 0 Å². The van der Waals surface area contributed by atoms with Crippen LogP contribution in [-0.4, -0.2) is 19.5 Å². The summed E-state index contributed by atoms with van der Waals surface area (Å²) in [5.74, 6) is 1.63. The van der Waals surface area contributed by atoms with Gasteiger partial charge < -0.3 is 8.83 Å². The highest BCUT2D eigenvalue weighted by molar-refractivity contribution is 6.14. The second kappa shape index (κ2) is 12.1. The summed E-state index contributed by atoms with van der Waals surface area (Å²) in [6.07, 6.45) is 0. The Balaban J connectivity index is 1.06. The van der Waals surface area contributed by atoms with Gasteiger partial charge in [-0.05, 0) is 88.0 Å². The number of nitrogens with zero attached hydrogens (tertiary/aromatic N) is 4. The number of hydrogen-bond donors (Lipinski definition) is 0. The molecule has 13 rings (SSSR count). The summed E-state index contributed by atoms with van der Waals surface area (Å²) in [4.78, 5) is 15.9. The van der Waals surface area contributed by atoms with Gasteiger partial charge in [0.05, 0.1) is 11.0 Å². The summed E-state index contributed by atoms with van der Waals surface area (Å²) < 4.78 is 15.2. The van der Waals surface area contributed by atoms with Gasteiger partial charge in [-0.1, -0.05) is 129 Å². The van der Waals surface area contributed by atoms with E-state index in [1.54, 1.807) is 0 Å². The average Bonchev–Trinajstić information content (AvgIpc) is 4.02. The summed E-state index contributed by atoms with van der Waals surface area (Å²) in [6.45, 7) is 4.65. The number of fused-ring (bicyclic) bond motifs is 12. The van der Waals surface area contributed by atoms with Crippen LogP contribution in [0.3, 0.4) is 0 Å². The second-order valence-corrected chi connectivity index (χ2v) is 16.4. The predicted molar refractivity (Wildman–Crippen MR) is 243 cm³/mol. The maximum atomic E-state index is 6.59. The average molecular weight is 771 g/mol. The number of hydrogen-bond acceptors (Lipinski definition) is 5. The van der Waals surface area contributed by atoms with Crippen molar-refractivity contribution in [1.82, 2.24) is 19.5 Å². The fraction of sp³-hybridized carbons (Fsp3) is 0.0556. The van der Waals surface area contributed by atoms with Crippen LogP contribution in [0, 0.1) is 0 Å². The number of furan rings is 2. The van der Waals surface area contributed by atoms with Gasteiger partial charge in [0.25, 0.3) is 0 Å². The van der Waals surface area contributed by atoms with E-state index < -0.39 is 0 Å². The number of aromatic nitrogens is 4. The molecule has 0 bridgehead atoms. The van der Waals surface area contributed by atoms with Crippen molar-refractivity contribution in [2.45, 2.75) is 19.3 Å². The van der Waals surface area contributed by atoms with E-state index >= 15 is 0 Å². The normalized spacial score (nSPS) is 13.3. The lowest BCUT2D eigenvalue weighted by atomic mass is 9.82. The second-order valence-electron chi connectivity index (χ2n) is 16.4. The highest BCUT2D eigenvalue weighted by atomic mass is 16.3. The van der Waals surface area contributed by atoms with E-state index in [0.717, 1.165) is 87.9 Å². The highest BCUT2D eigenvalue weighted by Crippen LogP contribution is 2.51. The highest BCUT2D eigenvalue weighted by Gasteiger charge is 2.36. The Morgan fingerprint density at radius 3 is 1.87 bits per heavy atom. The number of rotatable bonds is 4. The molecule has 12 aromatic rings. The molecule has 8 aromatic carbocycles. The predicted octanol–water partition coefficient (Wildman–Crippen LogP) is 14.1. The smallest absolute Gasteiger partial charge is 0.238 e. The largest absolute Gasteiger partial charge is 0.456 e. The molecule has 1 aliphatic carbocycles. The standard InChI is InChI=1S/C54H34N4O2/c1-54(2)42-19-9-6-15-35(42)40-30-45-41(29-43(40)54)36-16-7-10-20-44(36)58(45)53-56-51(32-23-25-38-37-17-8-11-21-46(37)59-48(38)27-32)55-52(57-53)33-24-26-39-49(28-33)60-47-22-12-18-34(50(39)47)31-13-4-3-5-14-31/h3-30H,1-2H3. The maximum Gasteiger partial charge on any atom is 0.238 e. The van der Waals surface area contributed by atoms with Crippen molar-refractivity contribution < 1.29 is 8.83 Å². The van der Waals surface area contributed by atoms with Gasteiger partial charge in [-0.25, -0.2) is 4.98 Å². The first-order valence-electron chi connectivity index (χ1n) is 20.3. The molecule has 4 aromatic heterocycles. The molecule has 0 amide bonds. The molecule has 0 radical (unpaired) electrons. The van der Waals surface area contributed by atoms with Crippen LogP contribution in [0.15, 0.2) is 179 Å². The van der Waals surface area contributed by atoms with Gasteiger partial charge in [0.15, 0.2) is 11.6 Å². The minimum absolute atomic E-state index is 0.136. The van der Waals surface area contributed by atoms with Crippen LogP contribution >= 0.6 is 0 Å². The van der Waals surface area contributed by atoms with Gasteiger partial charge in [-0.15, -0.1) is 0 Å². The van der Waals surface area contributed by atoms with E-state index in [1.165, 1.54) is 22.3 Å². The Morgan fingerprint density at radius 1 is 0.400 bits per heavy atom. The van der Waals surface area contributed by atoms with Crippen molar-refractivity contribution in [3.8, 4) is 51.0 Å². The van der Waals surface area contributed by atoms with Crippen molar-refractivity contribution in [2.24, 2.45) is 0 Å². The molecule has 0 aliphatic heterocycles. The van der Waals surface area contributed by atoms with E-state index in [2.05, 4.69) is 152 Å². The zero-order valence-corrected chi connectivity index (χ0v) is 32.8. The summed E-state index contributed by atoms with van der Waals surface area (Å²) in [5.41, 5.74) is 14.3. The third-order valence-corrected chi connectivity index (χ3v) is 12.7. The minimum atomic E-state index is -0.136. The van der Waals surface area contributed by atoms with Crippen LogP contribution in [0.4, 0.5) is 0 Å². The van der Waals surface area contributed by atoms with Crippen LogP contribution in [0.5, 0.6) is 0 Å². The molecule has 4 heterocycles. The molecule has 6 heteroatoms. The van der Waals surface area contributed by atoms with E-state index in [-0.39, 0.29) is 5.41 Å². The zero-order chi connectivity index (χ0) is 39.7. The third-order valence-electron chi connectivity index (χ3n) is 12.7. The molecule has 0 fully saturated rings. The van der Waals surface area contributed by atoms with Crippen molar-refractivity contribution >= 4 is 65.7 Å². The third kappa shape index (κ3) is 4.67. The first-order chi connectivity index (χ1) is 29.5. The molecule has 0 saturated heterocycles. The van der Waals surface area contributed by atoms with Gasteiger partial charge in [0.2, 0.25) is 5.95 Å². The molecule has 0 saturated carbocycles. The van der Waals surface area contributed by atoms with Crippen LogP contribution < -0.4 is 0 Å². The van der Waals surface area contributed by atoms with Crippen LogP contribution in [0.1, 0.15) is 25.0 Å². The van der Waals surface area contributed by atoms with E-state index in [1.807, 2.05) is 36.4 Å². The molecular formula is C54H34N4O2. The topological polar surface area (TPSA) is 69.9 Å². The number of para-hydroxylation sites is 2. The molecule has 1 aliphatic rings. The Bertz CT molecular complexity index is 3760. The summed E-state index contributed by atoms with van der Waals surface area (Å²) in [7, 11) is 0. The molecular weight excluding hydrogens is 737 g/mol. The van der Waals surface area contributed by atoms with Gasteiger partial charge in [0.1, 0.15) is 22.3 Å². The van der Waals surface area contributed by atoms with E-state index in [4.69, 9.17) is 23.8 Å². The number of benzene rings is 8. The monoisotopic (exact) mass is 770 g/mol. The molecule has 282 valence electrons. The van der Waals surface area contributed by atoms with Crippen molar-refractivity contribution in [3.63, 3.8) is 0 Å².